The Hall–Kier alpha value is -2.81. The van der Waals surface area contributed by atoms with Crippen LogP contribution in [0.4, 0.5) is 4.39 Å². The van der Waals surface area contributed by atoms with E-state index < -0.39 is 18.4 Å². The van der Waals surface area contributed by atoms with Crippen molar-refractivity contribution in [1.29, 1.82) is 5.26 Å². The maximum absolute atomic E-state index is 13.7. The fourth-order valence-electron chi connectivity index (χ4n) is 1.45. The van der Waals surface area contributed by atoms with Crippen molar-refractivity contribution in [3.05, 3.63) is 53.3 Å². The van der Waals surface area contributed by atoms with Gasteiger partial charge in [-0.05, 0) is 37.3 Å². The van der Waals surface area contributed by atoms with Crippen LogP contribution in [0, 0.1) is 17.1 Å². The lowest BCUT2D eigenvalue weighted by atomic mass is 10.2. The van der Waals surface area contributed by atoms with Gasteiger partial charge in [0, 0.05) is 6.42 Å². The molecule has 116 valence electrons. The predicted octanol–water partition coefficient (Wildman–Crippen LogP) is 3.38. The van der Waals surface area contributed by atoms with E-state index >= 15 is 0 Å². The van der Waals surface area contributed by atoms with Gasteiger partial charge in [0.2, 0.25) is 0 Å². The number of benzene rings is 1. The third kappa shape index (κ3) is 5.67. The average Bonchev–Trinajstić information content (AvgIpc) is 2.50. The molecule has 1 N–H and O–H groups in total. The summed E-state index contributed by atoms with van der Waals surface area (Å²) < 4.78 is 24.1. The highest BCUT2D eigenvalue weighted by molar-refractivity contribution is 5.68. The Morgan fingerprint density at radius 1 is 1.45 bits per heavy atom. The van der Waals surface area contributed by atoms with Crippen molar-refractivity contribution in [2.45, 2.75) is 20.3 Å². The fourth-order valence-corrected chi connectivity index (χ4v) is 1.45. The van der Waals surface area contributed by atoms with Gasteiger partial charge in [-0.2, -0.15) is 5.26 Å². The number of aliphatic carboxylic acids is 1. The van der Waals surface area contributed by atoms with E-state index in [0.29, 0.717) is 17.9 Å². The smallest absolute Gasteiger partial charge is 0.341 e. The van der Waals surface area contributed by atoms with Crippen LogP contribution in [0.15, 0.2) is 41.9 Å². The number of ether oxygens (including phenoxy) is 2. The van der Waals surface area contributed by atoms with Gasteiger partial charge in [-0.3, -0.25) is 0 Å². The summed E-state index contributed by atoms with van der Waals surface area (Å²) in [6.45, 7) is 3.01. The molecule has 0 fully saturated rings. The van der Waals surface area contributed by atoms with E-state index in [0.717, 1.165) is 6.07 Å². The second kappa shape index (κ2) is 8.47. The molecule has 6 heteroatoms. The monoisotopic (exact) mass is 305 g/mol. The molecule has 0 bridgehead atoms. The van der Waals surface area contributed by atoms with Crippen molar-refractivity contribution < 1.29 is 23.8 Å². The van der Waals surface area contributed by atoms with E-state index in [1.807, 2.05) is 13.0 Å². The summed E-state index contributed by atoms with van der Waals surface area (Å²) in [6.07, 6.45) is 3.63. The van der Waals surface area contributed by atoms with E-state index in [-0.39, 0.29) is 11.3 Å². The number of nitrogens with zero attached hydrogens (tertiary/aromatic N) is 1. The van der Waals surface area contributed by atoms with Crippen molar-refractivity contribution in [2.24, 2.45) is 0 Å². The molecule has 0 saturated heterocycles. The van der Waals surface area contributed by atoms with Crippen molar-refractivity contribution in [2.75, 3.05) is 6.61 Å². The van der Waals surface area contributed by atoms with Crippen LogP contribution in [0.3, 0.4) is 0 Å². The average molecular weight is 305 g/mol. The molecule has 0 amide bonds. The second-order valence-electron chi connectivity index (χ2n) is 4.31. The number of hydrogen-bond acceptors (Lipinski definition) is 4. The van der Waals surface area contributed by atoms with Crippen LogP contribution < -0.4 is 4.74 Å². The van der Waals surface area contributed by atoms with Gasteiger partial charge in [-0.15, -0.1) is 0 Å². The Kier molecular flexibility index (Phi) is 6.64. The minimum atomic E-state index is -1.07. The Balaban J connectivity index is 2.80. The molecule has 0 heterocycles. The van der Waals surface area contributed by atoms with Crippen molar-refractivity contribution in [1.82, 2.24) is 0 Å². The van der Waals surface area contributed by atoms with Gasteiger partial charge in [-0.1, -0.05) is 6.92 Å². The molecule has 0 unspecified atom stereocenters. The van der Waals surface area contributed by atoms with Gasteiger partial charge < -0.3 is 14.6 Å². The zero-order valence-corrected chi connectivity index (χ0v) is 12.3. The summed E-state index contributed by atoms with van der Waals surface area (Å²) in [5, 5.41) is 17.2. The number of carbonyl (C=O) groups is 1. The summed E-state index contributed by atoms with van der Waals surface area (Å²) in [5.41, 5.74) is 0.213. The molecular formula is C16H16FNO4. The molecule has 1 aromatic carbocycles. The van der Waals surface area contributed by atoms with Crippen molar-refractivity contribution >= 4 is 5.97 Å². The van der Waals surface area contributed by atoms with Gasteiger partial charge in [0.15, 0.2) is 18.2 Å². The lowest BCUT2D eigenvalue weighted by Gasteiger charge is -2.09. The fraction of sp³-hybridized carbons (Fsp3) is 0.250. The molecule has 0 radical (unpaired) electrons. The molecule has 0 aliphatic rings. The van der Waals surface area contributed by atoms with Crippen molar-refractivity contribution in [3.8, 4) is 11.8 Å². The molecule has 1 rings (SSSR count). The van der Waals surface area contributed by atoms with Crippen LogP contribution >= 0.6 is 0 Å². The second-order valence-corrected chi connectivity index (χ2v) is 4.31. The minimum Gasteiger partial charge on any atom is -0.487 e. The summed E-state index contributed by atoms with van der Waals surface area (Å²) >= 11 is 0. The highest BCUT2D eigenvalue weighted by Crippen LogP contribution is 2.21. The molecule has 5 nitrogen and oxygen atoms in total. The van der Waals surface area contributed by atoms with Crippen LogP contribution in [-0.4, -0.2) is 17.7 Å². The number of carboxylic acids is 1. The predicted molar refractivity (Wildman–Crippen MR) is 77.5 cm³/mol. The number of carboxylic acid groups (broad SMARTS) is 1. The number of nitriles is 1. The first-order valence-electron chi connectivity index (χ1n) is 6.55. The van der Waals surface area contributed by atoms with Crippen LogP contribution in [0.25, 0.3) is 0 Å². The molecule has 0 aliphatic heterocycles. The maximum Gasteiger partial charge on any atom is 0.341 e. The molecule has 0 aromatic heterocycles. The first-order valence-corrected chi connectivity index (χ1v) is 6.55. The number of hydrogen-bond donors (Lipinski definition) is 1. The lowest BCUT2D eigenvalue weighted by Crippen LogP contribution is -2.05. The van der Waals surface area contributed by atoms with Crippen LogP contribution in [-0.2, 0) is 9.53 Å². The lowest BCUT2D eigenvalue weighted by molar-refractivity contribution is -0.140. The first kappa shape index (κ1) is 17.2. The zero-order chi connectivity index (χ0) is 16.5. The van der Waals surface area contributed by atoms with Crippen LogP contribution in [0.5, 0.6) is 5.75 Å². The van der Waals surface area contributed by atoms with Gasteiger partial charge in [0.1, 0.15) is 5.76 Å². The molecule has 22 heavy (non-hydrogen) atoms. The summed E-state index contributed by atoms with van der Waals surface area (Å²) in [6, 6.07) is 5.78. The molecule has 0 spiro atoms. The summed E-state index contributed by atoms with van der Waals surface area (Å²) in [7, 11) is 0. The number of halogens is 1. The van der Waals surface area contributed by atoms with Gasteiger partial charge in [0.05, 0.1) is 17.4 Å². The quantitative estimate of drug-likeness (QED) is 0.617. The Morgan fingerprint density at radius 3 is 2.73 bits per heavy atom. The van der Waals surface area contributed by atoms with Crippen LogP contribution in [0.1, 0.15) is 25.8 Å². The van der Waals surface area contributed by atoms with Crippen LogP contribution in [0.2, 0.25) is 0 Å². The standard InChI is InChI=1S/C16H16FNO4/c1-3-13(6-4-11(2)21-10-16(19)20)22-15-7-5-12(9-18)8-14(15)17/h4-8H,3,10H2,1-2H3,(H,19,20)/b11-4+,13-6+. The van der Waals surface area contributed by atoms with E-state index in [1.54, 1.807) is 19.1 Å². The molecule has 0 aliphatic carbocycles. The minimum absolute atomic E-state index is 0.0182. The third-order valence-electron chi connectivity index (χ3n) is 2.58. The third-order valence-corrected chi connectivity index (χ3v) is 2.58. The van der Waals surface area contributed by atoms with E-state index in [2.05, 4.69) is 0 Å². The largest absolute Gasteiger partial charge is 0.487 e. The topological polar surface area (TPSA) is 79.6 Å². The number of rotatable bonds is 7. The normalized spacial score (nSPS) is 11.7. The molecule has 1 aromatic rings. The Bertz CT molecular complexity index is 644. The number of allylic oxidation sites excluding steroid dienone is 4. The molecule has 0 saturated carbocycles. The Labute approximate surface area is 127 Å². The Morgan fingerprint density at radius 2 is 2.18 bits per heavy atom. The SMILES string of the molecule is CC/C(=C\C=C(/C)OCC(=O)O)Oc1ccc(C#N)cc1F. The van der Waals surface area contributed by atoms with Gasteiger partial charge in [-0.25, -0.2) is 9.18 Å². The van der Waals surface area contributed by atoms with Crippen molar-refractivity contribution in [3.63, 3.8) is 0 Å². The summed E-state index contributed by atoms with van der Waals surface area (Å²) in [4.78, 5) is 10.4. The van der Waals surface area contributed by atoms with Gasteiger partial charge in [0.25, 0.3) is 0 Å². The molecular weight excluding hydrogens is 289 g/mol. The first-order chi connectivity index (χ1) is 10.5. The summed E-state index contributed by atoms with van der Waals surface area (Å²) in [5.74, 6) is -0.798. The molecule has 0 atom stereocenters. The van der Waals surface area contributed by atoms with E-state index in [1.165, 1.54) is 12.1 Å². The van der Waals surface area contributed by atoms with E-state index in [4.69, 9.17) is 19.8 Å². The van der Waals surface area contributed by atoms with E-state index in [9.17, 15) is 9.18 Å². The zero-order valence-electron chi connectivity index (χ0n) is 12.3. The van der Waals surface area contributed by atoms with Gasteiger partial charge >= 0.3 is 5.97 Å². The highest BCUT2D eigenvalue weighted by atomic mass is 19.1. The highest BCUT2D eigenvalue weighted by Gasteiger charge is 2.06. The maximum atomic E-state index is 13.7.